The van der Waals surface area contributed by atoms with Gasteiger partial charge >= 0.3 is 0 Å². The van der Waals surface area contributed by atoms with Crippen LogP contribution >= 0.6 is 34.7 Å². The predicted molar refractivity (Wildman–Crippen MR) is 127 cm³/mol. The van der Waals surface area contributed by atoms with Gasteiger partial charge in [-0.1, -0.05) is 11.6 Å². The minimum atomic E-state index is -3.17. The number of thiophene rings is 1. The SMILES string of the molecule is Cc1sc2nc(CSc3ccc(Cl)cc3)nc(N3CCN(S(C)(=O)=O)CC3)c2c1C. The van der Waals surface area contributed by atoms with Crippen LogP contribution in [0.25, 0.3) is 10.2 Å². The van der Waals surface area contributed by atoms with Crippen LogP contribution in [0.5, 0.6) is 0 Å². The van der Waals surface area contributed by atoms with Crippen molar-refractivity contribution in [1.82, 2.24) is 14.3 Å². The zero-order valence-electron chi connectivity index (χ0n) is 17.1. The number of aryl methyl sites for hydroxylation is 2. The summed E-state index contributed by atoms with van der Waals surface area (Å²) in [7, 11) is -3.17. The molecule has 3 heterocycles. The minimum absolute atomic E-state index is 0.474. The van der Waals surface area contributed by atoms with Crippen molar-refractivity contribution in [3.8, 4) is 0 Å². The van der Waals surface area contributed by atoms with Gasteiger partial charge in [-0.05, 0) is 43.7 Å². The molecule has 1 aromatic carbocycles. The van der Waals surface area contributed by atoms with Crippen LogP contribution < -0.4 is 4.90 Å². The van der Waals surface area contributed by atoms with Crippen LogP contribution in [-0.4, -0.2) is 55.1 Å². The molecule has 0 unspecified atom stereocenters. The second-order valence-electron chi connectivity index (χ2n) is 7.32. The van der Waals surface area contributed by atoms with Gasteiger partial charge in [0.15, 0.2) is 0 Å². The second-order valence-corrected chi connectivity index (χ2v) is 12.0. The number of piperazine rings is 1. The van der Waals surface area contributed by atoms with Crippen molar-refractivity contribution in [2.75, 3.05) is 37.3 Å². The molecule has 3 aromatic rings. The highest BCUT2D eigenvalue weighted by Crippen LogP contribution is 2.36. The van der Waals surface area contributed by atoms with E-state index in [-0.39, 0.29) is 0 Å². The van der Waals surface area contributed by atoms with Crippen LogP contribution in [0.1, 0.15) is 16.3 Å². The van der Waals surface area contributed by atoms with Gasteiger partial charge in [0, 0.05) is 41.0 Å². The largest absolute Gasteiger partial charge is 0.353 e. The maximum Gasteiger partial charge on any atom is 0.211 e. The lowest BCUT2D eigenvalue weighted by Gasteiger charge is -2.34. The Morgan fingerprint density at radius 1 is 1.10 bits per heavy atom. The fourth-order valence-electron chi connectivity index (χ4n) is 3.48. The molecular formula is C20H23ClN4O2S3. The second kappa shape index (κ2) is 8.63. The van der Waals surface area contributed by atoms with E-state index in [9.17, 15) is 8.42 Å². The van der Waals surface area contributed by atoms with E-state index in [1.54, 1.807) is 23.1 Å². The summed E-state index contributed by atoms with van der Waals surface area (Å²) < 4.78 is 25.3. The molecule has 0 amide bonds. The number of hydrogen-bond acceptors (Lipinski definition) is 7. The Kier molecular flexibility index (Phi) is 6.28. The van der Waals surface area contributed by atoms with Crippen molar-refractivity contribution in [3.63, 3.8) is 0 Å². The molecule has 0 spiro atoms. The number of anilines is 1. The average molecular weight is 483 g/mol. The summed E-state index contributed by atoms with van der Waals surface area (Å²) in [6.45, 7) is 6.41. The molecule has 4 rings (SSSR count). The summed E-state index contributed by atoms with van der Waals surface area (Å²) in [6, 6.07) is 7.76. The average Bonchev–Trinajstić information content (AvgIpc) is 3.00. The van der Waals surface area contributed by atoms with Crippen molar-refractivity contribution in [3.05, 3.63) is 45.6 Å². The molecule has 30 heavy (non-hydrogen) atoms. The number of sulfonamides is 1. The smallest absolute Gasteiger partial charge is 0.211 e. The summed E-state index contributed by atoms with van der Waals surface area (Å²) in [6.07, 6.45) is 1.27. The first kappa shape index (κ1) is 21.8. The highest BCUT2D eigenvalue weighted by Gasteiger charge is 2.26. The molecule has 10 heteroatoms. The Morgan fingerprint density at radius 3 is 2.40 bits per heavy atom. The molecule has 0 aliphatic carbocycles. The van der Waals surface area contributed by atoms with Gasteiger partial charge in [-0.15, -0.1) is 23.1 Å². The Bertz CT molecular complexity index is 1170. The molecule has 0 N–H and O–H groups in total. The Balaban J connectivity index is 1.63. The van der Waals surface area contributed by atoms with E-state index in [0.717, 1.165) is 31.8 Å². The highest BCUT2D eigenvalue weighted by molar-refractivity contribution is 7.98. The quantitative estimate of drug-likeness (QED) is 0.504. The molecule has 0 atom stereocenters. The number of aromatic nitrogens is 2. The molecule has 0 saturated carbocycles. The fourth-order valence-corrected chi connectivity index (χ4v) is 6.22. The third-order valence-corrected chi connectivity index (χ3v) is 8.91. The first-order valence-electron chi connectivity index (χ1n) is 9.57. The molecule has 1 aliphatic heterocycles. The van der Waals surface area contributed by atoms with Crippen molar-refractivity contribution < 1.29 is 8.42 Å². The Hall–Kier alpha value is -1.39. The zero-order valence-corrected chi connectivity index (χ0v) is 20.3. The molecule has 1 saturated heterocycles. The number of halogens is 1. The van der Waals surface area contributed by atoms with E-state index in [0.29, 0.717) is 31.9 Å². The van der Waals surface area contributed by atoms with Gasteiger partial charge in [0.25, 0.3) is 0 Å². The van der Waals surface area contributed by atoms with Crippen molar-refractivity contribution in [2.24, 2.45) is 0 Å². The van der Waals surface area contributed by atoms with Crippen LogP contribution in [0.3, 0.4) is 0 Å². The van der Waals surface area contributed by atoms with E-state index in [1.165, 1.54) is 21.0 Å². The van der Waals surface area contributed by atoms with E-state index in [4.69, 9.17) is 21.6 Å². The maximum absolute atomic E-state index is 11.9. The topological polar surface area (TPSA) is 66.4 Å². The predicted octanol–water partition coefficient (Wildman–Crippen LogP) is 4.34. The lowest BCUT2D eigenvalue weighted by molar-refractivity contribution is 0.387. The van der Waals surface area contributed by atoms with Crippen LogP contribution in [-0.2, 0) is 15.8 Å². The van der Waals surface area contributed by atoms with Gasteiger partial charge in [-0.2, -0.15) is 4.31 Å². The van der Waals surface area contributed by atoms with Gasteiger partial charge in [-0.25, -0.2) is 18.4 Å². The van der Waals surface area contributed by atoms with Gasteiger partial charge in [0.2, 0.25) is 10.0 Å². The van der Waals surface area contributed by atoms with Crippen molar-refractivity contribution in [2.45, 2.75) is 24.5 Å². The summed E-state index contributed by atoms with van der Waals surface area (Å²) in [5.74, 6) is 2.36. The van der Waals surface area contributed by atoms with Gasteiger partial charge < -0.3 is 4.90 Å². The number of rotatable bonds is 5. The van der Waals surface area contributed by atoms with Crippen LogP contribution in [0.2, 0.25) is 5.02 Å². The first-order chi connectivity index (χ1) is 14.2. The summed E-state index contributed by atoms with van der Waals surface area (Å²) in [5, 5.41) is 1.81. The van der Waals surface area contributed by atoms with E-state index < -0.39 is 10.0 Å². The van der Waals surface area contributed by atoms with Crippen LogP contribution in [0.4, 0.5) is 5.82 Å². The lowest BCUT2D eigenvalue weighted by atomic mass is 10.2. The van der Waals surface area contributed by atoms with Crippen LogP contribution in [0, 0.1) is 13.8 Å². The minimum Gasteiger partial charge on any atom is -0.353 e. The molecule has 0 bridgehead atoms. The molecule has 2 aromatic heterocycles. The van der Waals surface area contributed by atoms with Crippen molar-refractivity contribution in [1.29, 1.82) is 0 Å². The third kappa shape index (κ3) is 4.60. The standard InChI is InChI=1S/C20H23ClN4O2S3/c1-13-14(2)29-20-18(13)19(24-8-10-25(11-9-24)30(3,26)27)22-17(23-20)12-28-16-6-4-15(21)5-7-16/h4-7H,8-12H2,1-3H3. The number of nitrogens with zero attached hydrogens (tertiary/aromatic N) is 4. The number of benzene rings is 1. The number of thioether (sulfide) groups is 1. The molecule has 6 nitrogen and oxygen atoms in total. The van der Waals surface area contributed by atoms with E-state index in [2.05, 4.69) is 18.7 Å². The maximum atomic E-state index is 11.9. The fraction of sp³-hybridized carbons (Fsp3) is 0.400. The van der Waals surface area contributed by atoms with E-state index in [1.807, 2.05) is 24.3 Å². The van der Waals surface area contributed by atoms with Crippen molar-refractivity contribution >= 4 is 60.8 Å². The summed E-state index contributed by atoms with van der Waals surface area (Å²) >= 11 is 9.34. The van der Waals surface area contributed by atoms with Crippen LogP contribution in [0.15, 0.2) is 29.2 Å². The van der Waals surface area contributed by atoms with Gasteiger partial charge in [0.05, 0.1) is 17.4 Å². The zero-order chi connectivity index (χ0) is 21.5. The Morgan fingerprint density at radius 2 is 1.77 bits per heavy atom. The summed E-state index contributed by atoms with van der Waals surface area (Å²) in [5.41, 5.74) is 1.20. The first-order valence-corrected chi connectivity index (χ1v) is 13.6. The third-order valence-electron chi connectivity index (χ3n) is 5.24. The molecular weight excluding hydrogens is 460 g/mol. The van der Waals surface area contributed by atoms with Gasteiger partial charge in [0.1, 0.15) is 16.5 Å². The Labute approximate surface area is 190 Å². The molecule has 1 fully saturated rings. The van der Waals surface area contributed by atoms with Gasteiger partial charge in [-0.3, -0.25) is 0 Å². The monoisotopic (exact) mass is 482 g/mol. The van der Waals surface area contributed by atoms with E-state index >= 15 is 0 Å². The highest BCUT2D eigenvalue weighted by atomic mass is 35.5. The molecule has 1 aliphatic rings. The number of hydrogen-bond donors (Lipinski definition) is 0. The normalized spacial score (nSPS) is 15.8. The molecule has 0 radical (unpaired) electrons. The summed E-state index contributed by atoms with van der Waals surface area (Å²) in [4.78, 5) is 15.3. The number of fused-ring (bicyclic) bond motifs is 1. The molecule has 160 valence electrons. The lowest BCUT2D eigenvalue weighted by Crippen LogP contribution is -2.48.